The molecule has 26 heteroatoms. The fourth-order valence-electron chi connectivity index (χ4n) is 10.3. The summed E-state index contributed by atoms with van der Waals surface area (Å²) in [6, 6.07) is 12.7. The van der Waals surface area contributed by atoms with Gasteiger partial charge >= 0.3 is 0 Å². The summed E-state index contributed by atoms with van der Waals surface area (Å²) < 4.78 is 13.6. The first-order valence-electron chi connectivity index (χ1n) is 30.0. The Morgan fingerprint density at radius 1 is 0.719 bits per heavy atom. The van der Waals surface area contributed by atoms with Crippen LogP contribution in [0.15, 0.2) is 109 Å². The van der Waals surface area contributed by atoms with Gasteiger partial charge in [0.05, 0.1) is 12.2 Å². The Morgan fingerprint density at radius 2 is 1.35 bits per heavy atom. The fraction of sp³-hybridized carbons (Fsp3) is 0.444. The number of carbonyl (C=O) groups is 9. The standard InChI is InChI=1S/C63H83FN14O11/c1-4-68-61(88)53-17-11-31-78(53)62(89)48(16-10-30-70-63(65)66)74-57(84)49(32-38(2)3)75-56(83)47(15-7-8-29-69-55(82)41-12-9-28-67-35-41)73-58(85)50(33-40-20-25-44(80)26-21-40)76-60(87)52(37-79)77-59(86)51(34-42-36-71-46-14-6-5-13-45(42)46)72-54(81)27-22-39-18-23-43(64)24-19-39/h5-6,9,12-14,18-21,23-26,28,35-36,38,47-53,71,79-80H,4,7-8,10-11,15-17,22,27,29-34,37H2,1-3H3,(H,68,88)(H,69,82)(H,72,81)(H,73,85)(H,74,84)(H,75,83)(H,76,87)(H,77,86)(H4,65,66,70)/t47-,48+,49+,50+,51+,52+,53-/m1/s1. The number of halogens is 1. The highest BCUT2D eigenvalue weighted by Gasteiger charge is 2.39. The number of rotatable bonds is 34. The maximum Gasteiger partial charge on any atom is 0.252 e. The SMILES string of the molecule is CCNC(=O)[C@H]1CCCN1C(=O)[C@H](CCCN=C(N)N)NC(=O)[C@H](CC(C)C)NC(=O)[C@@H](CCCCNC(=O)c1cccnc1)NC(=O)[C@H](Cc1ccc(O)cc1)NC(=O)[C@H](CO)NC(=O)[C@H](Cc1c[nH]c2ccccc12)NC(=O)CCc1ccc(F)cc1. The monoisotopic (exact) mass is 1230 g/mol. The molecule has 0 unspecified atom stereocenters. The van der Waals surface area contributed by atoms with E-state index in [1.54, 1.807) is 37.4 Å². The summed E-state index contributed by atoms with van der Waals surface area (Å²) in [6.45, 7) is 5.32. The van der Waals surface area contributed by atoms with Gasteiger partial charge in [0.2, 0.25) is 47.3 Å². The van der Waals surface area contributed by atoms with Crippen LogP contribution < -0.4 is 54.0 Å². The van der Waals surface area contributed by atoms with Gasteiger partial charge in [-0.25, -0.2) is 4.39 Å². The number of phenols is 1. The van der Waals surface area contributed by atoms with Gasteiger partial charge in [-0.15, -0.1) is 0 Å². The molecule has 3 heterocycles. The average molecular weight is 1230 g/mol. The number of aryl methyl sites for hydroxylation is 1. The third-order valence-electron chi connectivity index (χ3n) is 15.0. The van der Waals surface area contributed by atoms with E-state index < -0.39 is 96.1 Å². The molecule has 1 aliphatic heterocycles. The van der Waals surface area contributed by atoms with Gasteiger partial charge in [-0.05, 0) is 130 Å². The molecule has 0 radical (unpaired) electrons. The number of benzene rings is 3. The van der Waals surface area contributed by atoms with Crippen LogP contribution in [0.25, 0.3) is 10.9 Å². The summed E-state index contributed by atoms with van der Waals surface area (Å²) in [4.78, 5) is 139. The van der Waals surface area contributed by atoms with Gasteiger partial charge in [-0.1, -0.05) is 56.3 Å². The maximum atomic E-state index is 14.8. The molecule has 7 atom stereocenters. The number of carbonyl (C=O) groups excluding carboxylic acids is 9. The number of nitrogens with one attached hydrogen (secondary N) is 9. The number of likely N-dealkylation sites (N-methyl/N-ethyl adjacent to an activating group) is 1. The molecule has 0 spiro atoms. The first-order chi connectivity index (χ1) is 42.7. The molecule has 0 saturated carbocycles. The number of para-hydroxylation sites is 1. The van der Waals surface area contributed by atoms with E-state index in [9.17, 15) is 57.8 Å². The topological polar surface area (TPSA) is 387 Å². The molecule has 3 aromatic carbocycles. The summed E-state index contributed by atoms with van der Waals surface area (Å²) in [5.41, 5.74) is 14.0. The lowest BCUT2D eigenvalue weighted by molar-refractivity contribution is -0.142. The van der Waals surface area contributed by atoms with Crippen molar-refractivity contribution >= 4 is 70.0 Å². The number of aromatic hydroxyl groups is 1. The van der Waals surface area contributed by atoms with Crippen molar-refractivity contribution in [2.45, 2.75) is 140 Å². The minimum Gasteiger partial charge on any atom is -0.508 e. The predicted octanol–water partition coefficient (Wildman–Crippen LogP) is 1.55. The molecule has 478 valence electrons. The van der Waals surface area contributed by atoms with Crippen LogP contribution in [0.5, 0.6) is 5.75 Å². The number of fused-ring (bicyclic) bond motifs is 1. The Bertz CT molecular complexity index is 3220. The molecule has 1 saturated heterocycles. The van der Waals surface area contributed by atoms with E-state index in [1.165, 1.54) is 53.7 Å². The van der Waals surface area contributed by atoms with Crippen molar-refractivity contribution in [1.29, 1.82) is 0 Å². The normalized spacial score (nSPS) is 14.9. The summed E-state index contributed by atoms with van der Waals surface area (Å²) >= 11 is 0. The lowest BCUT2D eigenvalue weighted by Gasteiger charge is -2.30. The molecule has 1 fully saturated rings. The van der Waals surface area contributed by atoms with Crippen molar-refractivity contribution in [1.82, 2.24) is 57.4 Å². The molecule has 25 nitrogen and oxygen atoms in total. The number of aromatic nitrogens is 2. The zero-order valence-electron chi connectivity index (χ0n) is 50.4. The van der Waals surface area contributed by atoms with E-state index in [-0.39, 0.29) is 107 Å². The van der Waals surface area contributed by atoms with Crippen LogP contribution in [0.2, 0.25) is 0 Å². The third-order valence-corrected chi connectivity index (χ3v) is 15.0. The zero-order valence-corrected chi connectivity index (χ0v) is 50.4. The average Bonchev–Trinajstić information content (AvgIpc) is 2.13. The molecule has 0 bridgehead atoms. The number of aliphatic imine (C=N–C) groups is 1. The van der Waals surface area contributed by atoms with Gasteiger partial charge in [0, 0.05) is 74.9 Å². The van der Waals surface area contributed by atoms with Crippen molar-refractivity contribution in [3.8, 4) is 5.75 Å². The summed E-state index contributed by atoms with van der Waals surface area (Å²) in [5.74, 6) is -7.02. The van der Waals surface area contributed by atoms with Crippen LogP contribution >= 0.6 is 0 Å². The van der Waals surface area contributed by atoms with Gasteiger partial charge in [0.15, 0.2) is 5.96 Å². The lowest BCUT2D eigenvalue weighted by Crippen LogP contribution is -2.61. The molecular formula is C63H83FN14O11. The third kappa shape index (κ3) is 21.7. The number of nitrogens with zero attached hydrogens (tertiary/aromatic N) is 3. The first kappa shape index (κ1) is 68.7. The second kappa shape index (κ2) is 34.8. The first-order valence-corrected chi connectivity index (χ1v) is 30.0. The van der Waals surface area contributed by atoms with Gasteiger partial charge in [-0.2, -0.15) is 0 Å². The summed E-state index contributed by atoms with van der Waals surface area (Å²) in [5, 5.41) is 43.5. The Morgan fingerprint density at radius 3 is 2.03 bits per heavy atom. The number of aromatic amines is 1. The van der Waals surface area contributed by atoms with Gasteiger partial charge in [0.1, 0.15) is 53.9 Å². The van der Waals surface area contributed by atoms with Crippen molar-refractivity contribution in [3.63, 3.8) is 0 Å². The lowest BCUT2D eigenvalue weighted by atomic mass is 10.00. The largest absolute Gasteiger partial charge is 0.508 e. The van der Waals surface area contributed by atoms with Crippen LogP contribution in [-0.2, 0) is 57.6 Å². The fourth-order valence-corrected chi connectivity index (χ4v) is 10.3. The number of aliphatic hydroxyl groups is 1. The maximum absolute atomic E-state index is 14.8. The van der Waals surface area contributed by atoms with E-state index in [1.807, 2.05) is 38.1 Å². The Labute approximate surface area is 516 Å². The van der Waals surface area contributed by atoms with Gasteiger partial charge in [0.25, 0.3) is 5.91 Å². The Hall–Kier alpha value is -9.46. The molecule has 15 N–H and O–H groups in total. The number of unbranched alkanes of at least 4 members (excludes halogenated alkanes) is 1. The molecule has 1 aliphatic rings. The molecule has 9 amide bonds. The highest BCUT2D eigenvalue weighted by atomic mass is 19.1. The molecular weight excluding hydrogens is 1150 g/mol. The number of pyridine rings is 1. The molecule has 2 aromatic heterocycles. The van der Waals surface area contributed by atoms with Crippen LogP contribution in [0, 0.1) is 11.7 Å². The highest BCUT2D eigenvalue weighted by molar-refractivity contribution is 5.98. The van der Waals surface area contributed by atoms with Gasteiger partial charge < -0.3 is 74.1 Å². The van der Waals surface area contributed by atoms with Crippen LogP contribution in [0.4, 0.5) is 4.39 Å². The predicted molar refractivity (Wildman–Crippen MR) is 330 cm³/mol. The van der Waals surface area contributed by atoms with Crippen molar-refractivity contribution in [2.24, 2.45) is 22.4 Å². The van der Waals surface area contributed by atoms with Crippen molar-refractivity contribution in [2.75, 3.05) is 32.8 Å². The number of hydrogen-bond donors (Lipinski definition) is 13. The number of H-pyrrole nitrogens is 1. The highest BCUT2D eigenvalue weighted by Crippen LogP contribution is 2.22. The van der Waals surface area contributed by atoms with Crippen LogP contribution in [-0.4, -0.2) is 159 Å². The second-order valence-electron chi connectivity index (χ2n) is 22.3. The number of phenolic OH excluding ortho intramolecular Hbond substituents is 1. The number of nitrogens with two attached hydrogens (primary N) is 2. The van der Waals surface area contributed by atoms with E-state index in [2.05, 4.69) is 57.5 Å². The summed E-state index contributed by atoms with van der Waals surface area (Å²) in [6.07, 6.45) is 6.26. The quantitative estimate of drug-likeness (QED) is 0.0158. The number of amides is 9. The van der Waals surface area contributed by atoms with E-state index in [0.717, 1.165) is 10.9 Å². The number of likely N-dealkylation sites (tertiary alicyclic amines) is 1. The van der Waals surface area contributed by atoms with Crippen LogP contribution in [0.1, 0.15) is 106 Å². The smallest absolute Gasteiger partial charge is 0.252 e. The molecule has 89 heavy (non-hydrogen) atoms. The second-order valence-corrected chi connectivity index (χ2v) is 22.3. The zero-order chi connectivity index (χ0) is 64.4. The minimum atomic E-state index is -1.71. The van der Waals surface area contributed by atoms with Crippen LogP contribution in [0.3, 0.4) is 0 Å². The molecule has 0 aliphatic carbocycles. The van der Waals surface area contributed by atoms with E-state index >= 15 is 0 Å². The minimum absolute atomic E-state index is 0.0541. The summed E-state index contributed by atoms with van der Waals surface area (Å²) in [7, 11) is 0. The van der Waals surface area contributed by atoms with Crippen molar-refractivity contribution < 1.29 is 57.8 Å². The number of aliphatic hydroxyl groups excluding tert-OH is 1. The van der Waals surface area contributed by atoms with Gasteiger partial charge in [-0.3, -0.25) is 53.1 Å². The van der Waals surface area contributed by atoms with Crippen molar-refractivity contribution in [3.05, 3.63) is 132 Å². The molecule has 6 rings (SSSR count). The Kier molecular flexibility index (Phi) is 26.8. The van der Waals surface area contributed by atoms with E-state index in [4.69, 9.17) is 11.5 Å². The Balaban J connectivity index is 1.24. The van der Waals surface area contributed by atoms with E-state index in [0.29, 0.717) is 48.1 Å². The number of hydrogen-bond acceptors (Lipinski definition) is 13. The number of guanidine groups is 1. The molecule has 5 aromatic rings.